The Balaban J connectivity index is 3.56. The third-order valence-electron chi connectivity index (χ3n) is 2.28. The summed E-state index contributed by atoms with van der Waals surface area (Å²) >= 11 is 0. The molecule has 0 rings (SSSR count). The summed E-state index contributed by atoms with van der Waals surface area (Å²) in [6, 6.07) is 6.81. The van der Waals surface area contributed by atoms with Crippen LogP contribution in [0.25, 0.3) is 0 Å². The highest BCUT2D eigenvalue weighted by molar-refractivity contribution is 6.77. The molecule has 0 fully saturated rings. The minimum absolute atomic E-state index is 0.689. The summed E-state index contributed by atoms with van der Waals surface area (Å²) in [7, 11) is -1.08. The van der Waals surface area contributed by atoms with E-state index in [1.807, 2.05) is 0 Å². The van der Waals surface area contributed by atoms with Crippen LogP contribution in [0.15, 0.2) is 0 Å². The molecule has 13 heavy (non-hydrogen) atoms. The minimum atomic E-state index is -1.08. The van der Waals surface area contributed by atoms with Crippen molar-refractivity contribution in [3.63, 3.8) is 0 Å². The molecule has 0 unspecified atom stereocenters. The van der Waals surface area contributed by atoms with E-state index in [1.165, 1.54) is 12.1 Å². The van der Waals surface area contributed by atoms with Crippen molar-refractivity contribution in [2.45, 2.75) is 50.9 Å². The van der Waals surface area contributed by atoms with Gasteiger partial charge in [-0.25, -0.2) is 0 Å². The maximum Gasteiger partial charge on any atom is 0.0621 e. The van der Waals surface area contributed by atoms with Crippen LogP contribution in [-0.4, -0.2) is 8.07 Å². The molecule has 72 valence electrons. The van der Waals surface area contributed by atoms with Gasteiger partial charge in [0.25, 0.3) is 0 Å². The molecule has 0 amide bonds. The van der Waals surface area contributed by atoms with E-state index < -0.39 is 8.07 Å². The van der Waals surface area contributed by atoms with Crippen LogP contribution in [-0.2, 0) is 0 Å². The molecule has 0 atom stereocenters. The summed E-state index contributed by atoms with van der Waals surface area (Å²) < 4.78 is 0. The molecular formula is C10H18N2Si. The van der Waals surface area contributed by atoms with Gasteiger partial charge in [0.15, 0.2) is 0 Å². The molecule has 0 saturated carbocycles. The lowest BCUT2D eigenvalue weighted by Gasteiger charge is -2.20. The summed E-state index contributed by atoms with van der Waals surface area (Å²) in [5.41, 5.74) is 0. The SMILES string of the molecule is C[Si](C)(CCCC#N)CCCC#N. The van der Waals surface area contributed by atoms with Gasteiger partial charge in [0.2, 0.25) is 0 Å². The van der Waals surface area contributed by atoms with Crippen LogP contribution in [0.5, 0.6) is 0 Å². The Kier molecular flexibility index (Phi) is 6.27. The number of hydrogen-bond acceptors (Lipinski definition) is 2. The zero-order chi connectivity index (χ0) is 10.2. The summed E-state index contributed by atoms with van der Waals surface area (Å²) in [5, 5.41) is 16.8. The number of rotatable bonds is 6. The lowest BCUT2D eigenvalue weighted by Crippen LogP contribution is -2.24. The van der Waals surface area contributed by atoms with E-state index in [0.717, 1.165) is 12.8 Å². The topological polar surface area (TPSA) is 47.6 Å². The first-order chi connectivity index (χ1) is 6.12. The summed E-state index contributed by atoms with van der Waals surface area (Å²) in [6.45, 7) is 4.70. The lowest BCUT2D eigenvalue weighted by molar-refractivity contribution is 0.896. The first-order valence-electron chi connectivity index (χ1n) is 4.86. The molecule has 0 aromatic carbocycles. The van der Waals surface area contributed by atoms with Gasteiger partial charge in [0, 0.05) is 20.9 Å². The molecule has 3 heteroatoms. The zero-order valence-electron chi connectivity index (χ0n) is 8.64. The highest BCUT2D eigenvalue weighted by Crippen LogP contribution is 2.20. The van der Waals surface area contributed by atoms with Crippen molar-refractivity contribution in [1.82, 2.24) is 0 Å². The highest BCUT2D eigenvalue weighted by Gasteiger charge is 2.18. The van der Waals surface area contributed by atoms with Crippen LogP contribution in [0.3, 0.4) is 0 Å². The molecule has 0 aromatic rings. The largest absolute Gasteiger partial charge is 0.198 e. The van der Waals surface area contributed by atoms with Gasteiger partial charge < -0.3 is 0 Å². The lowest BCUT2D eigenvalue weighted by atomic mass is 10.4. The van der Waals surface area contributed by atoms with Gasteiger partial charge in [-0.2, -0.15) is 10.5 Å². The van der Waals surface area contributed by atoms with Crippen molar-refractivity contribution in [1.29, 1.82) is 10.5 Å². The quantitative estimate of drug-likeness (QED) is 0.481. The van der Waals surface area contributed by atoms with Crippen LogP contribution in [0.4, 0.5) is 0 Å². The van der Waals surface area contributed by atoms with Gasteiger partial charge in [-0.05, 0) is 12.8 Å². The molecule has 0 aromatic heterocycles. The van der Waals surface area contributed by atoms with E-state index in [4.69, 9.17) is 10.5 Å². The van der Waals surface area contributed by atoms with Crippen molar-refractivity contribution in [3.05, 3.63) is 0 Å². The monoisotopic (exact) mass is 194 g/mol. The number of unbranched alkanes of at least 4 members (excludes halogenated alkanes) is 2. The first-order valence-corrected chi connectivity index (χ1v) is 8.28. The molecule has 0 aliphatic rings. The standard InChI is InChI=1S/C10H18N2Si/c1-13(2,9-5-3-7-11)10-6-4-8-12/h3-6,9-10H2,1-2H3. The molecule has 0 N–H and O–H groups in total. The third-order valence-corrected chi connectivity index (χ3v) is 5.70. The highest BCUT2D eigenvalue weighted by atomic mass is 28.3. The Morgan fingerprint density at radius 1 is 0.923 bits per heavy atom. The molecular weight excluding hydrogens is 176 g/mol. The third kappa shape index (κ3) is 7.55. The molecule has 0 spiro atoms. The van der Waals surface area contributed by atoms with Crippen molar-refractivity contribution >= 4 is 8.07 Å². The summed E-state index contributed by atoms with van der Waals surface area (Å²) in [6.07, 6.45) is 3.47. The Labute approximate surface area is 82.2 Å². The average Bonchev–Trinajstić information content (AvgIpc) is 2.05. The number of hydrogen-bond donors (Lipinski definition) is 0. The molecule has 0 heterocycles. The first kappa shape index (κ1) is 12.2. The van der Waals surface area contributed by atoms with E-state index in [9.17, 15) is 0 Å². The number of nitrogens with zero attached hydrogens (tertiary/aromatic N) is 2. The molecule has 0 aliphatic carbocycles. The normalized spacial score (nSPS) is 10.5. The van der Waals surface area contributed by atoms with Gasteiger partial charge in [-0.15, -0.1) is 0 Å². The van der Waals surface area contributed by atoms with Crippen molar-refractivity contribution < 1.29 is 0 Å². The minimum Gasteiger partial charge on any atom is -0.198 e. The molecule has 0 radical (unpaired) electrons. The fourth-order valence-corrected chi connectivity index (χ4v) is 3.93. The van der Waals surface area contributed by atoms with Crippen LogP contribution in [0.2, 0.25) is 25.2 Å². The van der Waals surface area contributed by atoms with Gasteiger partial charge in [0.05, 0.1) is 12.1 Å². The number of nitriles is 2. The molecule has 2 nitrogen and oxygen atoms in total. The van der Waals surface area contributed by atoms with E-state index in [2.05, 4.69) is 25.2 Å². The molecule has 0 saturated heterocycles. The van der Waals surface area contributed by atoms with E-state index in [0.29, 0.717) is 12.8 Å². The maximum absolute atomic E-state index is 8.40. The smallest absolute Gasteiger partial charge is 0.0621 e. The summed E-state index contributed by atoms with van der Waals surface area (Å²) in [4.78, 5) is 0. The average molecular weight is 194 g/mol. The fourth-order valence-electron chi connectivity index (χ4n) is 1.42. The Hall–Kier alpha value is -0.803. The van der Waals surface area contributed by atoms with Crippen molar-refractivity contribution in [3.8, 4) is 12.1 Å². The summed E-state index contributed by atoms with van der Waals surface area (Å²) in [5.74, 6) is 0. The van der Waals surface area contributed by atoms with Gasteiger partial charge >= 0.3 is 0 Å². The predicted molar refractivity (Wildman–Crippen MR) is 56.8 cm³/mol. The van der Waals surface area contributed by atoms with Crippen LogP contribution >= 0.6 is 0 Å². The second kappa shape index (κ2) is 6.68. The van der Waals surface area contributed by atoms with Gasteiger partial charge in [-0.1, -0.05) is 25.2 Å². The Bertz CT molecular complexity index is 188. The second-order valence-corrected chi connectivity index (χ2v) is 9.52. The van der Waals surface area contributed by atoms with E-state index in [-0.39, 0.29) is 0 Å². The molecule has 0 aliphatic heterocycles. The fraction of sp³-hybridized carbons (Fsp3) is 0.800. The second-order valence-electron chi connectivity index (χ2n) is 4.19. The van der Waals surface area contributed by atoms with E-state index >= 15 is 0 Å². The van der Waals surface area contributed by atoms with Crippen LogP contribution in [0, 0.1) is 22.7 Å². The maximum atomic E-state index is 8.40. The van der Waals surface area contributed by atoms with Gasteiger partial charge in [0.1, 0.15) is 0 Å². The predicted octanol–water partition coefficient (Wildman–Crippen LogP) is 3.30. The Morgan fingerprint density at radius 2 is 1.31 bits per heavy atom. The van der Waals surface area contributed by atoms with Crippen LogP contribution < -0.4 is 0 Å². The van der Waals surface area contributed by atoms with E-state index in [1.54, 1.807) is 0 Å². The molecule has 0 bridgehead atoms. The zero-order valence-corrected chi connectivity index (χ0v) is 9.64. The van der Waals surface area contributed by atoms with Crippen molar-refractivity contribution in [2.24, 2.45) is 0 Å². The van der Waals surface area contributed by atoms with Gasteiger partial charge in [-0.3, -0.25) is 0 Å². The van der Waals surface area contributed by atoms with Crippen LogP contribution in [0.1, 0.15) is 25.7 Å². The van der Waals surface area contributed by atoms with Crippen molar-refractivity contribution in [2.75, 3.05) is 0 Å². The Morgan fingerprint density at radius 3 is 1.62 bits per heavy atom.